The number of piperidine rings is 1. The predicted octanol–water partition coefficient (Wildman–Crippen LogP) is 0.366. The molecular weight excluding hydrogens is 184 g/mol. The molecule has 1 saturated heterocycles. The van der Waals surface area contributed by atoms with Crippen LogP contribution < -0.4 is 0 Å². The fraction of sp³-hybridized carbons (Fsp3) is 0.667. The summed E-state index contributed by atoms with van der Waals surface area (Å²) in [6.07, 6.45) is 1.91. The smallest absolute Gasteiger partial charge is 0.326 e. The average Bonchev–Trinajstić information content (AvgIpc) is 2.18. The molecule has 0 aromatic rings. The van der Waals surface area contributed by atoms with Crippen LogP contribution in [0.25, 0.3) is 0 Å². The van der Waals surface area contributed by atoms with Gasteiger partial charge in [-0.25, -0.2) is 4.79 Å². The normalized spacial score (nSPS) is 21.4. The molecular formula is C9H12N2O3. The summed E-state index contributed by atoms with van der Waals surface area (Å²) in [7, 11) is 0. The Kier molecular flexibility index (Phi) is 3.46. The summed E-state index contributed by atoms with van der Waals surface area (Å²) in [5, 5.41) is 17.2. The molecule has 1 fully saturated rings. The summed E-state index contributed by atoms with van der Waals surface area (Å²) < 4.78 is 0. The first-order valence-electron chi connectivity index (χ1n) is 4.56. The summed E-state index contributed by atoms with van der Waals surface area (Å²) in [4.78, 5) is 23.5. The van der Waals surface area contributed by atoms with Crippen molar-refractivity contribution in [1.82, 2.24) is 4.90 Å². The lowest BCUT2D eigenvalue weighted by molar-refractivity contribution is -0.151. The van der Waals surface area contributed by atoms with Crippen molar-refractivity contribution in [2.45, 2.75) is 31.7 Å². The molecule has 0 spiro atoms. The van der Waals surface area contributed by atoms with Crippen LogP contribution in [0.5, 0.6) is 0 Å². The number of aliphatic carboxylic acids is 1. The molecule has 76 valence electrons. The van der Waals surface area contributed by atoms with Gasteiger partial charge in [0, 0.05) is 6.54 Å². The van der Waals surface area contributed by atoms with Crippen molar-refractivity contribution in [3.05, 3.63) is 0 Å². The summed E-state index contributed by atoms with van der Waals surface area (Å²) in [5.74, 6) is -1.35. The van der Waals surface area contributed by atoms with Gasteiger partial charge in [-0.3, -0.25) is 4.79 Å². The van der Waals surface area contributed by atoms with Crippen LogP contribution >= 0.6 is 0 Å². The molecule has 0 aliphatic carbocycles. The van der Waals surface area contributed by atoms with Gasteiger partial charge in [0.25, 0.3) is 0 Å². The van der Waals surface area contributed by atoms with E-state index in [1.54, 1.807) is 6.07 Å². The molecule has 1 aliphatic rings. The maximum Gasteiger partial charge on any atom is 0.326 e. The monoisotopic (exact) mass is 196 g/mol. The van der Waals surface area contributed by atoms with E-state index in [0.717, 1.165) is 12.8 Å². The molecule has 0 saturated carbocycles. The number of likely N-dealkylation sites (tertiary alicyclic amines) is 1. The first kappa shape index (κ1) is 10.5. The van der Waals surface area contributed by atoms with Crippen molar-refractivity contribution in [2.75, 3.05) is 6.54 Å². The van der Waals surface area contributed by atoms with Crippen LogP contribution in [0.1, 0.15) is 25.7 Å². The Bertz CT molecular complexity index is 282. The van der Waals surface area contributed by atoms with E-state index in [0.29, 0.717) is 13.0 Å². The second-order valence-electron chi connectivity index (χ2n) is 3.27. The molecule has 14 heavy (non-hydrogen) atoms. The van der Waals surface area contributed by atoms with E-state index in [1.165, 1.54) is 4.90 Å². The zero-order valence-corrected chi connectivity index (χ0v) is 7.77. The molecule has 5 heteroatoms. The van der Waals surface area contributed by atoms with E-state index >= 15 is 0 Å². The number of amides is 1. The van der Waals surface area contributed by atoms with Gasteiger partial charge in [0.05, 0.1) is 6.07 Å². The second kappa shape index (κ2) is 4.61. The SMILES string of the molecule is N#CCC(=O)N1CCCCC1C(=O)O. The van der Waals surface area contributed by atoms with Gasteiger partial charge < -0.3 is 10.0 Å². The minimum atomic E-state index is -0.976. The Morgan fingerprint density at radius 3 is 2.79 bits per heavy atom. The van der Waals surface area contributed by atoms with E-state index in [2.05, 4.69) is 0 Å². The van der Waals surface area contributed by atoms with Crippen LogP contribution in [0.4, 0.5) is 0 Å². The average molecular weight is 196 g/mol. The molecule has 0 aromatic heterocycles. The maximum atomic E-state index is 11.4. The summed E-state index contributed by atoms with van der Waals surface area (Å²) in [6, 6.07) is 1.01. The first-order valence-corrected chi connectivity index (χ1v) is 4.56. The van der Waals surface area contributed by atoms with Crippen LogP contribution in [0.15, 0.2) is 0 Å². The number of nitrogens with zero attached hydrogens (tertiary/aromatic N) is 2. The first-order chi connectivity index (χ1) is 6.66. The van der Waals surface area contributed by atoms with E-state index in [9.17, 15) is 9.59 Å². The molecule has 0 radical (unpaired) electrons. The lowest BCUT2D eigenvalue weighted by Crippen LogP contribution is -2.47. The fourth-order valence-electron chi connectivity index (χ4n) is 1.66. The number of hydrogen-bond acceptors (Lipinski definition) is 3. The Labute approximate surface area is 81.9 Å². The van der Waals surface area contributed by atoms with Gasteiger partial charge in [-0.1, -0.05) is 0 Å². The van der Waals surface area contributed by atoms with Gasteiger partial charge in [-0.15, -0.1) is 0 Å². The third-order valence-corrected chi connectivity index (χ3v) is 2.34. The van der Waals surface area contributed by atoms with Gasteiger partial charge >= 0.3 is 5.97 Å². The van der Waals surface area contributed by atoms with Crippen LogP contribution in [0.2, 0.25) is 0 Å². The highest BCUT2D eigenvalue weighted by Crippen LogP contribution is 2.17. The molecule has 5 nitrogen and oxygen atoms in total. The van der Waals surface area contributed by atoms with Crippen LogP contribution in [-0.2, 0) is 9.59 Å². The van der Waals surface area contributed by atoms with Gasteiger partial charge in [0.2, 0.25) is 5.91 Å². The molecule has 1 aliphatic heterocycles. The lowest BCUT2D eigenvalue weighted by Gasteiger charge is -2.32. The highest BCUT2D eigenvalue weighted by atomic mass is 16.4. The predicted molar refractivity (Wildman–Crippen MR) is 47.2 cm³/mol. The molecule has 1 heterocycles. The van der Waals surface area contributed by atoms with E-state index in [4.69, 9.17) is 10.4 Å². The topological polar surface area (TPSA) is 81.4 Å². The maximum absolute atomic E-state index is 11.4. The number of carbonyl (C=O) groups excluding carboxylic acids is 1. The Balaban J connectivity index is 2.68. The third kappa shape index (κ3) is 2.22. The number of carbonyl (C=O) groups is 2. The number of nitriles is 1. The summed E-state index contributed by atoms with van der Waals surface area (Å²) in [6.45, 7) is 0.456. The summed E-state index contributed by atoms with van der Waals surface area (Å²) >= 11 is 0. The van der Waals surface area contributed by atoms with Crippen LogP contribution in [0, 0.1) is 11.3 Å². The van der Waals surface area contributed by atoms with Crippen molar-refractivity contribution in [2.24, 2.45) is 0 Å². The van der Waals surface area contributed by atoms with Gasteiger partial charge in [-0.05, 0) is 19.3 Å². The molecule has 1 atom stereocenters. The summed E-state index contributed by atoms with van der Waals surface area (Å²) in [5.41, 5.74) is 0. The van der Waals surface area contributed by atoms with E-state index in [1.807, 2.05) is 0 Å². The highest BCUT2D eigenvalue weighted by Gasteiger charge is 2.31. The van der Waals surface area contributed by atoms with Gasteiger partial charge in [-0.2, -0.15) is 5.26 Å². The van der Waals surface area contributed by atoms with E-state index < -0.39 is 12.0 Å². The second-order valence-corrected chi connectivity index (χ2v) is 3.27. The molecule has 1 unspecified atom stereocenters. The Morgan fingerprint density at radius 2 is 2.21 bits per heavy atom. The highest BCUT2D eigenvalue weighted by molar-refractivity contribution is 5.84. The minimum Gasteiger partial charge on any atom is -0.480 e. The number of hydrogen-bond donors (Lipinski definition) is 1. The van der Waals surface area contributed by atoms with E-state index in [-0.39, 0.29) is 12.3 Å². The fourth-order valence-corrected chi connectivity index (χ4v) is 1.66. The zero-order valence-electron chi connectivity index (χ0n) is 7.77. The van der Waals surface area contributed by atoms with Crippen LogP contribution in [0.3, 0.4) is 0 Å². The number of carboxylic acid groups (broad SMARTS) is 1. The Hall–Kier alpha value is -1.57. The molecule has 0 aromatic carbocycles. The van der Waals surface area contributed by atoms with Gasteiger partial charge in [0.15, 0.2) is 0 Å². The quantitative estimate of drug-likeness (QED) is 0.691. The largest absolute Gasteiger partial charge is 0.480 e. The van der Waals surface area contributed by atoms with Gasteiger partial charge in [0.1, 0.15) is 12.5 Å². The minimum absolute atomic E-state index is 0.232. The Morgan fingerprint density at radius 1 is 1.50 bits per heavy atom. The van der Waals surface area contributed by atoms with Crippen molar-refractivity contribution >= 4 is 11.9 Å². The van der Waals surface area contributed by atoms with Crippen molar-refractivity contribution in [1.29, 1.82) is 5.26 Å². The standard InChI is InChI=1S/C9H12N2O3/c10-5-4-8(12)11-6-2-1-3-7(11)9(13)14/h7H,1-4,6H2,(H,13,14). The molecule has 1 N–H and O–H groups in total. The zero-order chi connectivity index (χ0) is 10.6. The molecule has 0 bridgehead atoms. The lowest BCUT2D eigenvalue weighted by atomic mass is 10.0. The van der Waals surface area contributed by atoms with Crippen molar-refractivity contribution < 1.29 is 14.7 Å². The number of rotatable bonds is 2. The molecule has 1 amide bonds. The third-order valence-electron chi connectivity index (χ3n) is 2.34. The molecule has 1 rings (SSSR count). The number of carboxylic acids is 1. The van der Waals surface area contributed by atoms with Crippen LogP contribution in [-0.4, -0.2) is 34.5 Å². The van der Waals surface area contributed by atoms with Crippen molar-refractivity contribution in [3.8, 4) is 6.07 Å². The van der Waals surface area contributed by atoms with Crippen molar-refractivity contribution in [3.63, 3.8) is 0 Å².